The third kappa shape index (κ3) is 4.83. The van der Waals surface area contributed by atoms with Gasteiger partial charge in [-0.15, -0.1) is 0 Å². The van der Waals surface area contributed by atoms with Gasteiger partial charge in [-0.25, -0.2) is 0 Å². The minimum absolute atomic E-state index is 0.118. The Kier molecular flexibility index (Phi) is 5.83. The first-order valence-corrected chi connectivity index (χ1v) is 8.43. The lowest BCUT2D eigenvalue weighted by Crippen LogP contribution is -2.36. The van der Waals surface area contributed by atoms with Crippen LogP contribution in [0.3, 0.4) is 0 Å². The maximum atomic E-state index is 12.2. The number of carbonyl (C=O) groups excluding carboxylic acids is 1. The molecule has 0 spiro atoms. The van der Waals surface area contributed by atoms with E-state index in [-0.39, 0.29) is 5.91 Å². The van der Waals surface area contributed by atoms with Crippen LogP contribution in [0.5, 0.6) is 5.75 Å². The second-order valence-corrected chi connectivity index (χ2v) is 6.75. The zero-order valence-electron chi connectivity index (χ0n) is 13.9. The van der Waals surface area contributed by atoms with Crippen molar-refractivity contribution < 1.29 is 9.53 Å². The van der Waals surface area contributed by atoms with Crippen LogP contribution in [-0.4, -0.2) is 12.0 Å². The summed E-state index contributed by atoms with van der Waals surface area (Å²) in [6.07, 6.45) is -0.543. The van der Waals surface area contributed by atoms with Gasteiger partial charge in [0.2, 0.25) is 0 Å². The summed E-state index contributed by atoms with van der Waals surface area (Å²) in [5, 5.41) is 2.92. The summed E-state index contributed by atoms with van der Waals surface area (Å²) in [5.41, 5.74) is 4.30. The van der Waals surface area contributed by atoms with E-state index in [0.29, 0.717) is 6.54 Å². The average Bonchev–Trinajstić information content (AvgIpc) is 2.49. The minimum Gasteiger partial charge on any atom is -0.480 e. The first kappa shape index (κ1) is 17.5. The third-order valence-corrected chi connectivity index (χ3v) is 4.13. The van der Waals surface area contributed by atoms with Crippen molar-refractivity contribution in [2.75, 3.05) is 0 Å². The summed E-state index contributed by atoms with van der Waals surface area (Å²) in [7, 11) is 0. The van der Waals surface area contributed by atoms with Crippen LogP contribution in [0.15, 0.2) is 40.9 Å². The molecule has 4 heteroatoms. The van der Waals surface area contributed by atoms with E-state index >= 15 is 0 Å². The molecule has 1 amide bonds. The van der Waals surface area contributed by atoms with Crippen LogP contribution in [0.2, 0.25) is 0 Å². The fourth-order valence-electron chi connectivity index (χ4n) is 2.35. The maximum absolute atomic E-state index is 12.2. The van der Waals surface area contributed by atoms with Gasteiger partial charge in [0.25, 0.3) is 5.91 Å². The molecule has 122 valence electrons. The summed E-state index contributed by atoms with van der Waals surface area (Å²) >= 11 is 3.46. The van der Waals surface area contributed by atoms with Gasteiger partial charge in [0.1, 0.15) is 5.75 Å². The smallest absolute Gasteiger partial charge is 0.261 e. The summed E-state index contributed by atoms with van der Waals surface area (Å²) in [5.74, 6) is 0.651. The van der Waals surface area contributed by atoms with E-state index in [2.05, 4.69) is 21.2 Å². The Labute approximate surface area is 146 Å². The summed E-state index contributed by atoms with van der Waals surface area (Å²) in [6, 6.07) is 12.1. The molecule has 2 rings (SSSR count). The van der Waals surface area contributed by atoms with E-state index in [1.807, 2.05) is 57.2 Å². The molecule has 0 aliphatic heterocycles. The molecule has 0 saturated carbocycles. The molecule has 0 aromatic heterocycles. The number of halogens is 1. The van der Waals surface area contributed by atoms with E-state index in [1.54, 1.807) is 6.92 Å². The number of hydrogen-bond acceptors (Lipinski definition) is 2. The van der Waals surface area contributed by atoms with Gasteiger partial charge in [-0.05, 0) is 56.5 Å². The third-order valence-electron chi connectivity index (χ3n) is 3.68. The number of rotatable bonds is 5. The van der Waals surface area contributed by atoms with Gasteiger partial charge in [-0.3, -0.25) is 4.79 Å². The number of nitrogens with one attached hydrogen (secondary N) is 1. The van der Waals surface area contributed by atoms with Crippen LogP contribution in [-0.2, 0) is 11.3 Å². The monoisotopic (exact) mass is 375 g/mol. The molecule has 0 saturated heterocycles. The lowest BCUT2D eigenvalue weighted by Gasteiger charge is -2.18. The molecule has 2 aromatic carbocycles. The molecule has 0 aliphatic carbocycles. The molecular formula is C19H22BrNO2. The second kappa shape index (κ2) is 7.64. The SMILES string of the molecule is Cc1ccc(CNC(=O)C(C)Oc2c(C)cc(Br)cc2C)cc1. The molecule has 0 aliphatic rings. The van der Waals surface area contributed by atoms with Crippen molar-refractivity contribution in [3.8, 4) is 5.75 Å². The van der Waals surface area contributed by atoms with Crippen molar-refractivity contribution in [3.63, 3.8) is 0 Å². The molecule has 1 N–H and O–H groups in total. The molecule has 1 atom stereocenters. The van der Waals surface area contributed by atoms with Gasteiger partial charge in [0, 0.05) is 11.0 Å². The number of aryl methyl sites for hydroxylation is 3. The highest BCUT2D eigenvalue weighted by Gasteiger charge is 2.17. The quantitative estimate of drug-likeness (QED) is 0.837. The van der Waals surface area contributed by atoms with Crippen LogP contribution >= 0.6 is 15.9 Å². The topological polar surface area (TPSA) is 38.3 Å². The Balaban J connectivity index is 1.96. The van der Waals surface area contributed by atoms with Crippen LogP contribution in [0.4, 0.5) is 0 Å². The largest absolute Gasteiger partial charge is 0.480 e. The standard InChI is InChI=1S/C19H22BrNO2/c1-12-5-7-16(8-6-12)11-21-19(22)15(4)23-18-13(2)9-17(20)10-14(18)3/h5-10,15H,11H2,1-4H3,(H,21,22). The van der Waals surface area contributed by atoms with Gasteiger partial charge < -0.3 is 10.1 Å². The second-order valence-electron chi connectivity index (χ2n) is 5.83. The van der Waals surface area contributed by atoms with Gasteiger partial charge in [0.15, 0.2) is 6.10 Å². The first-order chi connectivity index (χ1) is 10.9. The van der Waals surface area contributed by atoms with Crippen LogP contribution in [0, 0.1) is 20.8 Å². The Morgan fingerprint density at radius 1 is 1.13 bits per heavy atom. The van der Waals surface area contributed by atoms with E-state index in [1.165, 1.54) is 5.56 Å². The molecule has 1 unspecified atom stereocenters. The van der Waals surface area contributed by atoms with Crippen molar-refractivity contribution in [3.05, 3.63) is 63.1 Å². The van der Waals surface area contributed by atoms with Crippen LogP contribution < -0.4 is 10.1 Å². The first-order valence-electron chi connectivity index (χ1n) is 7.63. The number of ether oxygens (including phenoxy) is 1. The van der Waals surface area contributed by atoms with Gasteiger partial charge in [0.05, 0.1) is 0 Å². The molecule has 2 aromatic rings. The molecular weight excluding hydrogens is 354 g/mol. The molecule has 0 radical (unpaired) electrons. The Morgan fingerprint density at radius 2 is 1.70 bits per heavy atom. The lowest BCUT2D eigenvalue weighted by molar-refractivity contribution is -0.127. The number of amides is 1. The fraction of sp³-hybridized carbons (Fsp3) is 0.316. The average molecular weight is 376 g/mol. The van der Waals surface area contributed by atoms with Crippen molar-refractivity contribution in [2.45, 2.75) is 40.3 Å². The Morgan fingerprint density at radius 3 is 2.26 bits per heavy atom. The summed E-state index contributed by atoms with van der Waals surface area (Å²) in [4.78, 5) is 12.2. The molecule has 23 heavy (non-hydrogen) atoms. The minimum atomic E-state index is -0.543. The van der Waals surface area contributed by atoms with Gasteiger partial charge in [-0.2, -0.15) is 0 Å². The van der Waals surface area contributed by atoms with Crippen molar-refractivity contribution in [2.24, 2.45) is 0 Å². The number of hydrogen-bond donors (Lipinski definition) is 1. The van der Waals surface area contributed by atoms with E-state index in [9.17, 15) is 4.79 Å². The van der Waals surface area contributed by atoms with Crippen LogP contribution in [0.1, 0.15) is 29.2 Å². The Bertz CT molecular complexity index is 672. The zero-order chi connectivity index (χ0) is 17.0. The highest BCUT2D eigenvalue weighted by Crippen LogP contribution is 2.28. The molecule has 0 fully saturated rings. The fourth-order valence-corrected chi connectivity index (χ4v) is 3.04. The highest BCUT2D eigenvalue weighted by molar-refractivity contribution is 9.10. The van der Waals surface area contributed by atoms with E-state index < -0.39 is 6.10 Å². The van der Waals surface area contributed by atoms with Crippen molar-refractivity contribution in [1.29, 1.82) is 0 Å². The molecule has 0 bridgehead atoms. The maximum Gasteiger partial charge on any atom is 0.261 e. The van der Waals surface area contributed by atoms with E-state index in [0.717, 1.165) is 26.9 Å². The van der Waals surface area contributed by atoms with E-state index in [4.69, 9.17) is 4.74 Å². The van der Waals surface area contributed by atoms with Crippen molar-refractivity contribution in [1.82, 2.24) is 5.32 Å². The van der Waals surface area contributed by atoms with Gasteiger partial charge in [-0.1, -0.05) is 45.8 Å². The number of benzene rings is 2. The highest BCUT2D eigenvalue weighted by atomic mass is 79.9. The predicted octanol–water partition coefficient (Wildman–Crippen LogP) is 4.46. The molecule has 0 heterocycles. The van der Waals surface area contributed by atoms with Crippen LogP contribution in [0.25, 0.3) is 0 Å². The lowest BCUT2D eigenvalue weighted by atomic mass is 10.1. The zero-order valence-corrected chi connectivity index (χ0v) is 15.5. The Hall–Kier alpha value is -1.81. The number of carbonyl (C=O) groups is 1. The van der Waals surface area contributed by atoms with Crippen molar-refractivity contribution >= 4 is 21.8 Å². The predicted molar refractivity (Wildman–Crippen MR) is 96.7 cm³/mol. The van der Waals surface area contributed by atoms with Gasteiger partial charge >= 0.3 is 0 Å². The normalized spacial score (nSPS) is 11.9. The molecule has 3 nitrogen and oxygen atoms in total. The summed E-state index contributed by atoms with van der Waals surface area (Å²) in [6.45, 7) is 8.27. The summed E-state index contributed by atoms with van der Waals surface area (Å²) < 4.78 is 6.88.